The van der Waals surface area contributed by atoms with Crippen molar-refractivity contribution in [3.05, 3.63) is 29.3 Å². The van der Waals surface area contributed by atoms with Crippen LogP contribution < -0.4 is 10.5 Å². The fraction of sp³-hybridized carbons (Fsp3) is 0.286. The molecule has 0 radical (unpaired) electrons. The summed E-state index contributed by atoms with van der Waals surface area (Å²) in [6.45, 7) is 3.04. The summed E-state index contributed by atoms with van der Waals surface area (Å²) in [4.78, 5) is 15.7. The van der Waals surface area contributed by atoms with Gasteiger partial charge in [0.1, 0.15) is 0 Å². The molecule has 1 aromatic heterocycles. The highest BCUT2D eigenvalue weighted by Gasteiger charge is 2.09. The zero-order valence-electron chi connectivity index (χ0n) is 6.88. The van der Waals surface area contributed by atoms with Gasteiger partial charge in [0, 0.05) is 6.54 Å². The predicted molar refractivity (Wildman–Crippen MR) is 44.2 cm³/mol. The van der Waals surface area contributed by atoms with E-state index in [9.17, 15) is 4.79 Å². The monoisotopic (exact) mass is 186 g/mol. The van der Waals surface area contributed by atoms with E-state index in [4.69, 9.17) is 10.2 Å². The van der Waals surface area contributed by atoms with Crippen LogP contribution in [0.4, 0.5) is 0 Å². The number of hydrogen-bond donors (Lipinski definition) is 2. The van der Waals surface area contributed by atoms with E-state index in [0.717, 1.165) is 0 Å². The Kier molecular flexibility index (Phi) is 2.76. The second kappa shape index (κ2) is 3.81. The van der Waals surface area contributed by atoms with Crippen LogP contribution in [-0.2, 0) is 6.54 Å². The van der Waals surface area contributed by atoms with Crippen LogP contribution in [0.25, 0.3) is 0 Å². The van der Waals surface area contributed by atoms with Crippen LogP contribution in [0.2, 0.25) is 0 Å². The Morgan fingerprint density at radius 2 is 2.38 bits per heavy atom. The molecule has 1 heterocycles. The molecule has 1 rings (SSSR count). The first-order valence-corrected chi connectivity index (χ1v) is 3.57. The summed E-state index contributed by atoms with van der Waals surface area (Å²) < 4.78 is 1.79. The van der Waals surface area contributed by atoms with E-state index in [1.807, 2.05) is 0 Å². The van der Waals surface area contributed by atoms with Crippen LogP contribution in [0.5, 0.6) is 5.88 Å². The summed E-state index contributed by atoms with van der Waals surface area (Å²) in [5.74, 6) is -0.360. The smallest absolute Gasteiger partial charge is 0.365 e. The molecule has 0 saturated heterocycles. The zero-order chi connectivity index (χ0) is 9.84. The maximum atomic E-state index is 11.3. The summed E-state index contributed by atoms with van der Waals surface area (Å²) in [6, 6.07) is 0. The molecule has 0 aliphatic carbocycles. The average Bonchev–Trinajstić information content (AvgIpc) is 2.34. The lowest BCUT2D eigenvalue weighted by Crippen LogP contribution is -2.29. The van der Waals surface area contributed by atoms with Crippen molar-refractivity contribution in [1.82, 2.24) is 9.30 Å². The molecule has 2 N–H and O–H groups in total. The number of imidazole rings is 1. The highest BCUT2D eigenvalue weighted by Crippen LogP contribution is 2.02. The minimum Gasteiger partial charge on any atom is -0.491 e. The molecule has 0 fully saturated rings. The van der Waals surface area contributed by atoms with E-state index < -0.39 is 12.5 Å². The number of rotatable bonds is 4. The Bertz CT molecular complexity index is 352. The lowest BCUT2D eigenvalue weighted by Gasteiger charge is -1.99. The van der Waals surface area contributed by atoms with Crippen molar-refractivity contribution in [2.24, 2.45) is 0 Å². The van der Waals surface area contributed by atoms with Gasteiger partial charge in [0.2, 0.25) is 12.7 Å². The van der Waals surface area contributed by atoms with Crippen LogP contribution in [0.1, 0.15) is 0 Å². The van der Waals surface area contributed by atoms with Gasteiger partial charge in [-0.1, -0.05) is 10.8 Å². The first-order chi connectivity index (χ1) is 6.20. The van der Waals surface area contributed by atoms with Crippen LogP contribution in [0, 0.1) is 0 Å². The zero-order valence-corrected chi connectivity index (χ0v) is 6.88. The molecular weight excluding hydrogens is 176 g/mol. The Balaban J connectivity index is 3.06. The Morgan fingerprint density at radius 3 is 2.92 bits per heavy atom. The first-order valence-electron chi connectivity index (χ1n) is 3.57. The highest BCUT2D eigenvalue weighted by atomic mass is 16.7. The molecule has 1 aromatic rings. The molecule has 6 nitrogen and oxygen atoms in total. The molecule has 13 heavy (non-hydrogen) atoms. The van der Waals surface area contributed by atoms with Crippen LogP contribution in [0.15, 0.2) is 23.6 Å². The molecule has 6 heteroatoms. The molecule has 0 amide bonds. The van der Waals surface area contributed by atoms with E-state index in [-0.39, 0.29) is 12.4 Å². The van der Waals surface area contributed by atoms with E-state index in [1.54, 1.807) is 0 Å². The van der Waals surface area contributed by atoms with E-state index >= 15 is 0 Å². The van der Waals surface area contributed by atoms with Crippen molar-refractivity contribution < 1.29 is 15.1 Å². The molecule has 0 aliphatic rings. The van der Waals surface area contributed by atoms with Crippen molar-refractivity contribution in [3.63, 3.8) is 0 Å². The van der Waals surface area contributed by atoms with Crippen molar-refractivity contribution in [1.29, 1.82) is 0 Å². The van der Waals surface area contributed by atoms with Gasteiger partial charge in [0.25, 0.3) is 0 Å². The van der Waals surface area contributed by atoms with Crippen molar-refractivity contribution in [2.45, 2.75) is 6.54 Å². The van der Waals surface area contributed by atoms with Crippen molar-refractivity contribution in [3.8, 4) is 5.88 Å². The number of aromatic nitrogens is 2. The van der Waals surface area contributed by atoms with Crippen LogP contribution in [-0.4, -0.2) is 26.3 Å². The van der Waals surface area contributed by atoms with Crippen LogP contribution >= 0.6 is 0 Å². The van der Waals surface area contributed by atoms with E-state index in [0.29, 0.717) is 4.73 Å². The quantitative estimate of drug-likeness (QED) is 0.463. The predicted octanol–water partition coefficient (Wildman–Crippen LogP) is -1.08. The van der Waals surface area contributed by atoms with Gasteiger partial charge in [-0.25, -0.2) is 4.79 Å². The van der Waals surface area contributed by atoms with E-state index in [2.05, 4.69) is 11.4 Å². The number of nitrogens with zero attached hydrogens (tertiary/aromatic N) is 2. The normalized spacial score (nSPS) is 9.92. The second-order valence-electron chi connectivity index (χ2n) is 2.26. The summed E-state index contributed by atoms with van der Waals surface area (Å²) in [7, 11) is 0. The summed E-state index contributed by atoms with van der Waals surface area (Å²) in [5, 5.41) is 17.5. The lowest BCUT2D eigenvalue weighted by molar-refractivity contribution is -0.0240. The number of hydrogen-bond acceptors (Lipinski definition) is 4. The highest BCUT2D eigenvalue weighted by molar-refractivity contribution is 5.03. The SMILES string of the molecule is C=CCn1cc(O)n(OCO)c1=O. The van der Waals surface area contributed by atoms with Gasteiger partial charge < -0.3 is 15.1 Å². The van der Waals surface area contributed by atoms with Gasteiger partial charge in [-0.2, -0.15) is 0 Å². The fourth-order valence-electron chi connectivity index (χ4n) is 0.911. The first kappa shape index (κ1) is 9.40. The standard InChI is InChI=1S/C7H10N2O4/c1-2-3-8-4-6(11)9(7(8)12)13-5-10/h2,4,10-11H,1,3,5H2. The fourth-order valence-corrected chi connectivity index (χ4v) is 0.911. The minimum atomic E-state index is -0.675. The van der Waals surface area contributed by atoms with Gasteiger partial charge in [-0.05, 0) is 0 Å². The second-order valence-corrected chi connectivity index (χ2v) is 2.26. The summed E-state index contributed by atoms with van der Waals surface area (Å²) in [5.41, 5.74) is -0.563. The number of allylic oxidation sites excluding steroid dienone is 1. The van der Waals surface area contributed by atoms with Gasteiger partial charge in [-0.15, -0.1) is 6.58 Å². The summed E-state index contributed by atoms with van der Waals surface area (Å²) in [6.07, 6.45) is 2.70. The molecule has 0 saturated carbocycles. The third kappa shape index (κ3) is 1.73. The molecular formula is C7H10N2O4. The largest absolute Gasteiger partial charge is 0.491 e. The molecule has 0 unspecified atom stereocenters. The van der Waals surface area contributed by atoms with E-state index in [1.165, 1.54) is 16.8 Å². The molecule has 0 bridgehead atoms. The Labute approximate surface area is 73.9 Å². The number of aliphatic hydroxyl groups is 1. The molecule has 0 aromatic carbocycles. The summed E-state index contributed by atoms with van der Waals surface area (Å²) >= 11 is 0. The average molecular weight is 186 g/mol. The third-order valence-electron chi connectivity index (χ3n) is 1.41. The lowest BCUT2D eigenvalue weighted by atomic mass is 10.6. The Hall–Kier alpha value is -1.69. The minimum absolute atomic E-state index is 0.272. The maximum Gasteiger partial charge on any atom is 0.365 e. The van der Waals surface area contributed by atoms with Crippen molar-refractivity contribution in [2.75, 3.05) is 6.79 Å². The van der Waals surface area contributed by atoms with Gasteiger partial charge in [0.05, 0.1) is 6.20 Å². The van der Waals surface area contributed by atoms with Crippen molar-refractivity contribution >= 4 is 0 Å². The van der Waals surface area contributed by atoms with Crippen LogP contribution in [0.3, 0.4) is 0 Å². The number of aromatic hydroxyl groups is 1. The van der Waals surface area contributed by atoms with Gasteiger partial charge in [0.15, 0.2) is 0 Å². The third-order valence-corrected chi connectivity index (χ3v) is 1.41. The molecule has 0 aliphatic heterocycles. The maximum absolute atomic E-state index is 11.3. The Morgan fingerprint density at radius 1 is 1.69 bits per heavy atom. The van der Waals surface area contributed by atoms with Gasteiger partial charge in [-0.3, -0.25) is 4.57 Å². The molecule has 0 spiro atoms. The molecule has 72 valence electrons. The van der Waals surface area contributed by atoms with Gasteiger partial charge >= 0.3 is 5.69 Å². The topological polar surface area (TPSA) is 76.6 Å². The number of aliphatic hydroxyl groups excluding tert-OH is 1. The molecule has 0 atom stereocenters.